The molecule has 2 rings (SSSR count). The monoisotopic (exact) mass is 314 g/mol. The van der Waals surface area contributed by atoms with Crippen LogP contribution in [-0.2, 0) is 0 Å². The van der Waals surface area contributed by atoms with Gasteiger partial charge in [-0.2, -0.15) is 0 Å². The molecule has 15 heavy (non-hydrogen) atoms. The van der Waals surface area contributed by atoms with Crippen LogP contribution in [0.3, 0.4) is 0 Å². The number of rotatable bonds is 0. The second-order valence-corrected chi connectivity index (χ2v) is 8.07. The summed E-state index contributed by atoms with van der Waals surface area (Å²) in [6, 6.07) is 8.76. The van der Waals surface area contributed by atoms with E-state index in [1.54, 1.807) is 7.23 Å². The third-order valence-corrected chi connectivity index (χ3v) is 5.24. The summed E-state index contributed by atoms with van der Waals surface area (Å²) in [4.78, 5) is 0. The fourth-order valence-electron chi connectivity index (χ4n) is 1.55. The van der Waals surface area contributed by atoms with Crippen molar-refractivity contribution in [2.24, 2.45) is 5.41 Å². The van der Waals surface area contributed by atoms with Crippen LogP contribution in [-0.4, -0.2) is 20.9 Å². The zero-order chi connectivity index (χ0) is 10.9. The third kappa shape index (κ3) is 2.97. The molecule has 78 valence electrons. The van der Waals surface area contributed by atoms with E-state index in [1.165, 1.54) is 5.56 Å². The van der Waals surface area contributed by atoms with E-state index in [1.807, 2.05) is 0 Å². The molecule has 0 aromatic heterocycles. The molecule has 0 aliphatic carbocycles. The number of benzene rings is 1. The fourth-order valence-corrected chi connectivity index (χ4v) is 4.98. The zero-order valence-electron chi connectivity index (χ0n) is 9.45. The van der Waals surface area contributed by atoms with Crippen LogP contribution < -0.4 is 3.61 Å². The maximum atomic E-state index is 2.42. The summed E-state index contributed by atoms with van der Waals surface area (Å²) in [6.07, 6.45) is 6.97. The van der Waals surface area contributed by atoms with E-state index in [0.717, 1.165) is 0 Å². The Morgan fingerprint density at radius 2 is 1.80 bits per heavy atom. The molecule has 1 aromatic rings. The quantitative estimate of drug-likeness (QED) is 0.646. The van der Waals surface area contributed by atoms with Gasteiger partial charge < -0.3 is 0 Å². The first-order valence-electron chi connectivity index (χ1n) is 5.22. The summed E-state index contributed by atoms with van der Waals surface area (Å²) in [5.41, 5.74) is 1.72. The first-order valence-corrected chi connectivity index (χ1v) is 7.55. The molecule has 0 nitrogen and oxygen atoms in total. The van der Waals surface area contributed by atoms with Gasteiger partial charge >= 0.3 is 102 Å². The van der Waals surface area contributed by atoms with Gasteiger partial charge in [0.25, 0.3) is 0 Å². The fraction of sp³-hybridized carbons (Fsp3) is 0.286. The van der Waals surface area contributed by atoms with E-state index in [9.17, 15) is 0 Å². The van der Waals surface area contributed by atoms with Crippen molar-refractivity contribution in [3.05, 3.63) is 45.6 Å². The van der Waals surface area contributed by atoms with Crippen LogP contribution in [0.1, 0.15) is 26.3 Å². The average molecular weight is 312 g/mol. The predicted octanol–water partition coefficient (Wildman–Crippen LogP) is 2.97. The van der Waals surface area contributed by atoms with Crippen LogP contribution in [0.4, 0.5) is 0 Å². The van der Waals surface area contributed by atoms with Crippen molar-refractivity contribution in [1.82, 2.24) is 0 Å². The summed E-state index contributed by atoms with van der Waals surface area (Å²) >= 11 is -0.151. The van der Waals surface area contributed by atoms with E-state index in [2.05, 4.69) is 63.3 Å². The van der Waals surface area contributed by atoms with Gasteiger partial charge in [0.1, 0.15) is 0 Å². The molecule has 1 heteroatoms. The summed E-state index contributed by atoms with van der Waals surface area (Å²) in [6.45, 7) is 6.80. The molecule has 1 aromatic carbocycles. The van der Waals surface area contributed by atoms with Crippen molar-refractivity contribution in [2.75, 3.05) is 0 Å². The predicted molar refractivity (Wildman–Crippen MR) is 68.4 cm³/mol. The van der Waals surface area contributed by atoms with Crippen molar-refractivity contribution in [1.29, 1.82) is 0 Å². The van der Waals surface area contributed by atoms with Gasteiger partial charge in [-0.15, -0.1) is 0 Å². The van der Waals surface area contributed by atoms with Crippen molar-refractivity contribution < 1.29 is 0 Å². The second-order valence-electron chi connectivity index (χ2n) is 4.89. The van der Waals surface area contributed by atoms with Gasteiger partial charge in [0.05, 0.1) is 0 Å². The van der Waals surface area contributed by atoms with Gasteiger partial charge in [-0.1, -0.05) is 0 Å². The maximum absolute atomic E-state index is 2.42. The van der Waals surface area contributed by atoms with Gasteiger partial charge in [0.2, 0.25) is 0 Å². The number of hydrogen-bond acceptors (Lipinski definition) is 0. The zero-order valence-corrected chi connectivity index (χ0v) is 11.8. The molecule has 1 aliphatic heterocycles. The molecular weight excluding hydrogens is 296 g/mol. The first kappa shape index (κ1) is 11.0. The molecule has 1 heterocycles. The molecule has 0 bridgehead atoms. The van der Waals surface area contributed by atoms with Gasteiger partial charge in [0, 0.05) is 0 Å². The summed E-state index contributed by atoms with van der Waals surface area (Å²) in [7, 11) is 0. The normalized spacial score (nSPS) is 17.9. The third-order valence-electron chi connectivity index (χ3n) is 2.15. The Balaban J connectivity index is 2.31. The summed E-state index contributed by atoms with van der Waals surface area (Å²) in [5, 5.41) is 0. The number of allylic oxidation sites excluding steroid dienone is 3. The average Bonchev–Trinajstić information content (AvgIpc) is 2.15. The van der Waals surface area contributed by atoms with Crippen LogP contribution in [0.2, 0.25) is 0 Å². The number of fused-ring (bicyclic) bond motifs is 1. The van der Waals surface area contributed by atoms with Crippen LogP contribution in [0.15, 0.2) is 40.0 Å². The van der Waals surface area contributed by atoms with E-state index in [4.69, 9.17) is 0 Å². The van der Waals surface area contributed by atoms with Gasteiger partial charge in [-0.05, 0) is 0 Å². The molecule has 0 radical (unpaired) electrons. The van der Waals surface area contributed by atoms with Crippen LogP contribution in [0.5, 0.6) is 0 Å². The molecule has 0 fully saturated rings. The molecule has 0 amide bonds. The van der Waals surface area contributed by atoms with Crippen molar-refractivity contribution in [2.45, 2.75) is 20.8 Å². The Morgan fingerprint density at radius 3 is 2.53 bits per heavy atom. The minimum absolute atomic E-state index is 0.151. The number of hydrogen-bond donors (Lipinski definition) is 0. The summed E-state index contributed by atoms with van der Waals surface area (Å²) < 4.78 is 3.13. The standard InChI is InChI=1S/C14H16Te/c1-14(2,3)10-12-9-8-11-6-4-5-7-13(11)15-12/h4-10H,1-3H3/b12-10-. The van der Waals surface area contributed by atoms with E-state index >= 15 is 0 Å². The Morgan fingerprint density at radius 1 is 1.07 bits per heavy atom. The molecule has 0 N–H and O–H groups in total. The molecule has 1 aliphatic rings. The van der Waals surface area contributed by atoms with E-state index in [-0.39, 0.29) is 20.9 Å². The Kier molecular flexibility index (Phi) is 3.05. The van der Waals surface area contributed by atoms with Crippen LogP contribution in [0.25, 0.3) is 6.08 Å². The van der Waals surface area contributed by atoms with Crippen molar-refractivity contribution in [3.8, 4) is 0 Å². The Hall–Kier alpha value is -0.510. The Bertz CT molecular complexity index is 419. The Labute approximate surface area is 102 Å². The molecule has 0 saturated carbocycles. The molecule has 0 saturated heterocycles. The molecule has 0 atom stereocenters. The minimum atomic E-state index is -0.151. The van der Waals surface area contributed by atoms with Gasteiger partial charge in [0.15, 0.2) is 0 Å². The molecular formula is C14H16Te. The topological polar surface area (TPSA) is 0 Å². The second kappa shape index (κ2) is 4.16. The van der Waals surface area contributed by atoms with E-state index in [0.29, 0.717) is 5.41 Å². The van der Waals surface area contributed by atoms with Crippen molar-refractivity contribution >= 4 is 30.6 Å². The molecule has 0 unspecified atom stereocenters. The summed E-state index contributed by atoms with van der Waals surface area (Å²) in [5.74, 6) is 0. The SMILES string of the molecule is CC(C)(C)/C=C1/C=Cc2ccccc2[Te]1. The van der Waals surface area contributed by atoms with E-state index < -0.39 is 0 Å². The van der Waals surface area contributed by atoms with Crippen LogP contribution >= 0.6 is 0 Å². The molecule has 0 spiro atoms. The van der Waals surface area contributed by atoms with Crippen LogP contribution in [0, 0.1) is 5.41 Å². The van der Waals surface area contributed by atoms with Gasteiger partial charge in [-0.3, -0.25) is 0 Å². The van der Waals surface area contributed by atoms with Crippen molar-refractivity contribution in [3.63, 3.8) is 0 Å². The first-order chi connectivity index (χ1) is 7.04. The van der Waals surface area contributed by atoms with Gasteiger partial charge in [-0.25, -0.2) is 0 Å².